The number of carbonyl (C=O) groups excluding carboxylic acids is 2. The molecule has 2 aromatic heterocycles. The van der Waals surface area contributed by atoms with Crippen LogP contribution in [-0.4, -0.2) is 68.6 Å². The third kappa shape index (κ3) is 9.34. The van der Waals surface area contributed by atoms with Crippen LogP contribution in [0.2, 0.25) is 0 Å². The SMILES string of the molecule is CC(C)OC(=O)OCOP(=O)(CO[C@H](C)Cn1cnc2c(N)ncnc21)N[C@@H](C)C(=O)OC(C)(C)C. The summed E-state index contributed by atoms with van der Waals surface area (Å²) in [5, 5.41) is 2.63. The number of nitrogen functional groups attached to an aromatic ring is 1. The zero-order chi connectivity index (χ0) is 27.1. The van der Waals surface area contributed by atoms with Gasteiger partial charge >= 0.3 is 12.1 Å². The second kappa shape index (κ2) is 12.4. The second-order valence-corrected chi connectivity index (χ2v) is 11.4. The van der Waals surface area contributed by atoms with Crippen molar-refractivity contribution in [1.29, 1.82) is 0 Å². The van der Waals surface area contributed by atoms with E-state index in [1.807, 2.05) is 0 Å². The van der Waals surface area contributed by atoms with Gasteiger partial charge in [-0.25, -0.2) is 24.8 Å². The monoisotopic (exact) mass is 530 g/mol. The summed E-state index contributed by atoms with van der Waals surface area (Å²) >= 11 is 0. The standard InChI is InChI=1S/C21H35N6O8P/c1-13(2)34-20(29)31-11-33-36(30,26-15(4)19(28)35-21(5,6)7)12-32-14(3)8-27-10-25-16-17(22)23-9-24-18(16)27/h9-10,13-15H,8,11-12H2,1-7H3,(H,26,30)(H2,22,23,24)/t14-,15+,36?/m1/s1. The van der Waals surface area contributed by atoms with E-state index < -0.39 is 56.6 Å². The fourth-order valence-electron chi connectivity index (χ4n) is 2.82. The van der Waals surface area contributed by atoms with Crippen molar-refractivity contribution in [2.75, 3.05) is 18.9 Å². The van der Waals surface area contributed by atoms with Crippen molar-refractivity contribution in [1.82, 2.24) is 24.6 Å². The Labute approximate surface area is 209 Å². The summed E-state index contributed by atoms with van der Waals surface area (Å²) in [6.07, 6.45) is 0.561. The summed E-state index contributed by atoms with van der Waals surface area (Å²) in [4.78, 5) is 36.3. The van der Waals surface area contributed by atoms with Crippen LogP contribution in [0.15, 0.2) is 12.7 Å². The fraction of sp³-hybridized carbons (Fsp3) is 0.667. The highest BCUT2D eigenvalue weighted by Crippen LogP contribution is 2.43. The summed E-state index contributed by atoms with van der Waals surface area (Å²) in [6, 6.07) is -1.01. The molecule has 0 saturated carbocycles. The van der Waals surface area contributed by atoms with Crippen molar-refractivity contribution < 1.29 is 37.6 Å². The van der Waals surface area contributed by atoms with Crippen molar-refractivity contribution in [3.8, 4) is 0 Å². The molecule has 2 aromatic rings. The molecule has 2 rings (SSSR count). The maximum Gasteiger partial charge on any atom is 0.510 e. The molecule has 36 heavy (non-hydrogen) atoms. The summed E-state index contributed by atoms with van der Waals surface area (Å²) in [5.41, 5.74) is 6.05. The molecular weight excluding hydrogens is 495 g/mol. The first-order valence-electron chi connectivity index (χ1n) is 11.3. The molecule has 0 radical (unpaired) electrons. The Morgan fingerprint density at radius 3 is 2.50 bits per heavy atom. The van der Waals surface area contributed by atoms with Crippen LogP contribution in [0, 0.1) is 0 Å². The second-order valence-electron chi connectivity index (χ2n) is 9.30. The van der Waals surface area contributed by atoms with E-state index in [1.165, 1.54) is 13.3 Å². The van der Waals surface area contributed by atoms with E-state index in [0.29, 0.717) is 17.7 Å². The van der Waals surface area contributed by atoms with E-state index in [0.717, 1.165) is 0 Å². The number of fused-ring (bicyclic) bond motifs is 1. The molecule has 0 bridgehead atoms. The quantitative estimate of drug-likeness (QED) is 0.233. The van der Waals surface area contributed by atoms with Gasteiger partial charge in [0.15, 0.2) is 11.5 Å². The number of rotatable bonds is 12. The molecule has 0 amide bonds. The molecule has 14 nitrogen and oxygen atoms in total. The molecule has 202 valence electrons. The van der Waals surface area contributed by atoms with E-state index in [1.54, 1.807) is 52.4 Å². The molecular formula is C21H35N6O8P. The zero-order valence-corrected chi connectivity index (χ0v) is 22.5. The number of hydrogen-bond acceptors (Lipinski definition) is 12. The number of aromatic nitrogens is 4. The molecule has 3 atom stereocenters. The first-order valence-corrected chi connectivity index (χ1v) is 13.1. The van der Waals surface area contributed by atoms with Crippen molar-refractivity contribution in [3.63, 3.8) is 0 Å². The van der Waals surface area contributed by atoms with Crippen LogP contribution in [0.5, 0.6) is 0 Å². The van der Waals surface area contributed by atoms with Gasteiger partial charge in [0.1, 0.15) is 29.8 Å². The van der Waals surface area contributed by atoms with Gasteiger partial charge in [0.25, 0.3) is 7.52 Å². The Kier molecular flexibility index (Phi) is 10.2. The van der Waals surface area contributed by atoms with Gasteiger partial charge in [-0.05, 0) is 48.5 Å². The maximum absolute atomic E-state index is 13.5. The summed E-state index contributed by atoms with van der Waals surface area (Å²) in [5.74, 6) is -0.386. The highest BCUT2D eigenvalue weighted by atomic mass is 31.2. The van der Waals surface area contributed by atoms with Gasteiger partial charge < -0.3 is 29.2 Å². The minimum Gasteiger partial charge on any atom is -0.459 e. The summed E-state index contributed by atoms with van der Waals surface area (Å²) < 4.78 is 41.3. The average Bonchev–Trinajstić information content (AvgIpc) is 3.14. The number of hydrogen-bond donors (Lipinski definition) is 2. The molecule has 0 aliphatic heterocycles. The first kappa shape index (κ1) is 29.4. The number of anilines is 1. The molecule has 1 unspecified atom stereocenters. The van der Waals surface area contributed by atoms with Gasteiger partial charge in [-0.2, -0.15) is 0 Å². The molecule has 15 heteroatoms. The van der Waals surface area contributed by atoms with Gasteiger partial charge in [-0.1, -0.05) is 0 Å². The van der Waals surface area contributed by atoms with Crippen LogP contribution in [0.3, 0.4) is 0 Å². The molecule has 2 heterocycles. The number of imidazole rings is 1. The lowest BCUT2D eigenvalue weighted by molar-refractivity contribution is -0.156. The number of nitrogens with two attached hydrogens (primary N) is 1. The van der Waals surface area contributed by atoms with Crippen molar-refractivity contribution >= 4 is 36.6 Å². The van der Waals surface area contributed by atoms with E-state index in [4.69, 9.17) is 29.2 Å². The number of nitrogens with zero attached hydrogens (tertiary/aromatic N) is 4. The average molecular weight is 531 g/mol. The predicted molar refractivity (Wildman–Crippen MR) is 130 cm³/mol. The van der Waals surface area contributed by atoms with E-state index in [9.17, 15) is 14.2 Å². The highest BCUT2D eigenvalue weighted by Gasteiger charge is 2.32. The third-order valence-corrected chi connectivity index (χ3v) is 6.13. The lowest BCUT2D eigenvalue weighted by atomic mass is 10.2. The number of esters is 1. The van der Waals surface area contributed by atoms with Crippen LogP contribution in [0.1, 0.15) is 48.5 Å². The predicted octanol–water partition coefficient (Wildman–Crippen LogP) is 2.82. The Bertz CT molecular complexity index is 1090. The van der Waals surface area contributed by atoms with Crippen molar-refractivity contribution in [2.24, 2.45) is 0 Å². The Hall–Kier alpha value is -2.80. The lowest BCUT2D eigenvalue weighted by Crippen LogP contribution is -2.39. The van der Waals surface area contributed by atoms with Gasteiger partial charge in [-0.3, -0.25) is 13.9 Å². The van der Waals surface area contributed by atoms with Crippen LogP contribution in [-0.2, 0) is 39.4 Å². The van der Waals surface area contributed by atoms with Crippen LogP contribution < -0.4 is 10.8 Å². The van der Waals surface area contributed by atoms with Gasteiger partial charge in [0, 0.05) is 0 Å². The molecule has 0 saturated heterocycles. The van der Waals surface area contributed by atoms with Crippen molar-refractivity contribution in [3.05, 3.63) is 12.7 Å². The van der Waals surface area contributed by atoms with E-state index in [2.05, 4.69) is 20.0 Å². The highest BCUT2D eigenvalue weighted by molar-refractivity contribution is 7.56. The summed E-state index contributed by atoms with van der Waals surface area (Å²) in [6.45, 7) is 11.3. The molecule has 0 aliphatic carbocycles. The molecule has 3 N–H and O–H groups in total. The maximum atomic E-state index is 13.5. The first-order chi connectivity index (χ1) is 16.7. The van der Waals surface area contributed by atoms with Crippen molar-refractivity contribution in [2.45, 2.75) is 78.9 Å². The lowest BCUT2D eigenvalue weighted by Gasteiger charge is -2.26. The topological polar surface area (TPSA) is 179 Å². The Morgan fingerprint density at radius 2 is 1.86 bits per heavy atom. The van der Waals surface area contributed by atoms with Crippen LogP contribution in [0.4, 0.5) is 10.6 Å². The van der Waals surface area contributed by atoms with Crippen LogP contribution >= 0.6 is 7.52 Å². The molecule has 0 aliphatic rings. The van der Waals surface area contributed by atoms with Gasteiger partial charge in [0.05, 0.1) is 25.1 Å². The third-order valence-electron chi connectivity index (χ3n) is 4.33. The summed E-state index contributed by atoms with van der Waals surface area (Å²) in [7, 11) is -3.86. The van der Waals surface area contributed by atoms with Gasteiger partial charge in [-0.15, -0.1) is 0 Å². The zero-order valence-electron chi connectivity index (χ0n) is 21.6. The smallest absolute Gasteiger partial charge is 0.459 e. The molecule has 0 fully saturated rings. The van der Waals surface area contributed by atoms with E-state index in [-0.39, 0.29) is 5.82 Å². The van der Waals surface area contributed by atoms with Crippen LogP contribution in [0.25, 0.3) is 11.2 Å². The Morgan fingerprint density at radius 1 is 1.17 bits per heavy atom. The molecule has 0 aromatic carbocycles. The van der Waals surface area contributed by atoms with E-state index >= 15 is 0 Å². The minimum atomic E-state index is -3.86. The largest absolute Gasteiger partial charge is 0.510 e. The number of ether oxygens (including phenoxy) is 4. The minimum absolute atomic E-state index is 0.251. The number of carbonyl (C=O) groups is 2. The molecule has 0 spiro atoms. The normalized spacial score (nSPS) is 15.3. The fourth-order valence-corrected chi connectivity index (χ4v) is 4.42. The Balaban J connectivity index is 2.05. The van der Waals surface area contributed by atoms with Gasteiger partial charge in [0.2, 0.25) is 6.79 Å². The number of nitrogens with one attached hydrogen (secondary N) is 1.